The van der Waals surface area contributed by atoms with Gasteiger partial charge in [-0.1, -0.05) is 57.2 Å². The smallest absolute Gasteiger partial charge is 0.200 e. The second kappa shape index (κ2) is 7.07. The average Bonchev–Trinajstić information content (AvgIpc) is 2.53. The minimum atomic E-state index is 0.00667. The summed E-state index contributed by atoms with van der Waals surface area (Å²) in [6.07, 6.45) is 0.960. The fourth-order valence-corrected chi connectivity index (χ4v) is 2.14. The number of hydrogen-bond acceptors (Lipinski definition) is 2. The van der Waals surface area contributed by atoms with Crippen LogP contribution >= 0.6 is 0 Å². The Bertz CT molecular complexity index is 597. The number of hydrogen-bond donors (Lipinski definition) is 0. The lowest BCUT2D eigenvalue weighted by atomic mass is 10.0. The molecule has 0 fully saturated rings. The molecule has 0 spiro atoms. The summed E-state index contributed by atoms with van der Waals surface area (Å²) in [5.74, 6) is 1.23. The first kappa shape index (κ1) is 15.3. The van der Waals surface area contributed by atoms with E-state index in [9.17, 15) is 4.79 Å². The van der Waals surface area contributed by atoms with E-state index in [2.05, 4.69) is 26.8 Å². The number of carbonyl (C=O) groups is 1. The number of aryl methyl sites for hydroxylation is 1. The average molecular weight is 282 g/mol. The van der Waals surface area contributed by atoms with E-state index in [1.807, 2.05) is 42.5 Å². The van der Waals surface area contributed by atoms with Crippen LogP contribution < -0.4 is 4.74 Å². The van der Waals surface area contributed by atoms with Crippen molar-refractivity contribution in [2.45, 2.75) is 33.1 Å². The van der Waals surface area contributed by atoms with Crippen LogP contribution in [0.1, 0.15) is 48.2 Å². The summed E-state index contributed by atoms with van der Waals surface area (Å²) in [5, 5.41) is 0. The maximum Gasteiger partial charge on any atom is 0.200 e. The Morgan fingerprint density at radius 2 is 1.81 bits per heavy atom. The second-order valence-electron chi connectivity index (χ2n) is 5.49. The maximum absolute atomic E-state index is 12.1. The van der Waals surface area contributed by atoms with Crippen molar-refractivity contribution in [2.75, 3.05) is 6.61 Å². The predicted molar refractivity (Wildman–Crippen MR) is 86.2 cm³/mol. The minimum absolute atomic E-state index is 0.00667. The van der Waals surface area contributed by atoms with Crippen molar-refractivity contribution in [3.05, 3.63) is 65.2 Å². The molecule has 0 unspecified atom stereocenters. The molecule has 0 saturated carbocycles. The van der Waals surface area contributed by atoms with Gasteiger partial charge in [0, 0.05) is 5.56 Å². The van der Waals surface area contributed by atoms with E-state index in [4.69, 9.17) is 4.74 Å². The van der Waals surface area contributed by atoms with E-state index in [1.54, 1.807) is 0 Å². The van der Waals surface area contributed by atoms with Crippen LogP contribution in [0.2, 0.25) is 0 Å². The van der Waals surface area contributed by atoms with Gasteiger partial charge < -0.3 is 4.74 Å². The number of carbonyl (C=O) groups excluding carboxylic acids is 1. The maximum atomic E-state index is 12.1. The Kier molecular flexibility index (Phi) is 5.15. The zero-order chi connectivity index (χ0) is 15.2. The first-order valence-electron chi connectivity index (χ1n) is 7.45. The molecule has 0 aliphatic heterocycles. The molecule has 0 aromatic heterocycles. The van der Waals surface area contributed by atoms with Crippen LogP contribution in [-0.4, -0.2) is 12.4 Å². The summed E-state index contributed by atoms with van der Waals surface area (Å²) in [4.78, 5) is 12.1. The molecule has 2 heteroatoms. The van der Waals surface area contributed by atoms with Crippen molar-refractivity contribution < 1.29 is 9.53 Å². The molecule has 2 rings (SSSR count). The summed E-state index contributed by atoms with van der Waals surface area (Å²) in [7, 11) is 0. The Balaban J connectivity index is 1.97. The number of benzene rings is 2. The van der Waals surface area contributed by atoms with E-state index in [0.717, 1.165) is 12.2 Å². The van der Waals surface area contributed by atoms with Gasteiger partial charge in [-0.2, -0.15) is 0 Å². The highest BCUT2D eigenvalue weighted by molar-refractivity contribution is 5.97. The first-order chi connectivity index (χ1) is 10.1. The Morgan fingerprint density at radius 1 is 1.10 bits per heavy atom. The van der Waals surface area contributed by atoms with Crippen molar-refractivity contribution in [3.63, 3.8) is 0 Å². The van der Waals surface area contributed by atoms with Crippen molar-refractivity contribution in [1.82, 2.24) is 0 Å². The molecule has 0 bridgehead atoms. The van der Waals surface area contributed by atoms with Gasteiger partial charge in [0.2, 0.25) is 0 Å². The van der Waals surface area contributed by atoms with E-state index >= 15 is 0 Å². The molecular weight excluding hydrogens is 260 g/mol. The zero-order valence-corrected chi connectivity index (χ0v) is 12.9. The summed E-state index contributed by atoms with van der Waals surface area (Å²) in [6.45, 7) is 6.45. The Morgan fingerprint density at radius 3 is 2.43 bits per heavy atom. The quantitative estimate of drug-likeness (QED) is 0.722. The van der Waals surface area contributed by atoms with Gasteiger partial charge >= 0.3 is 0 Å². The normalized spacial score (nSPS) is 10.7. The van der Waals surface area contributed by atoms with Crippen molar-refractivity contribution in [1.29, 1.82) is 0 Å². The predicted octanol–water partition coefficient (Wildman–Crippen LogP) is 4.63. The lowest BCUT2D eigenvalue weighted by Gasteiger charge is -2.08. The molecule has 110 valence electrons. The van der Waals surface area contributed by atoms with E-state index < -0.39 is 0 Å². The standard InChI is InChI=1S/C19H22O2/c1-4-15-6-5-7-18(12-15)21-13-19(20)17-10-8-16(9-11-17)14(2)3/h5-12,14H,4,13H2,1-3H3. The topological polar surface area (TPSA) is 26.3 Å². The monoisotopic (exact) mass is 282 g/mol. The number of ketones is 1. The third-order valence-corrected chi connectivity index (χ3v) is 3.58. The molecule has 0 amide bonds. The third-order valence-electron chi connectivity index (χ3n) is 3.58. The molecule has 0 heterocycles. The van der Waals surface area contributed by atoms with Crippen LogP contribution in [0, 0.1) is 0 Å². The molecule has 0 aliphatic rings. The van der Waals surface area contributed by atoms with Gasteiger partial charge in [0.05, 0.1) is 0 Å². The molecule has 0 radical (unpaired) electrons. The number of Topliss-reactive ketones (excluding diaryl/α,β-unsaturated/α-hetero) is 1. The highest BCUT2D eigenvalue weighted by Gasteiger charge is 2.08. The molecule has 2 nitrogen and oxygen atoms in total. The van der Waals surface area contributed by atoms with Gasteiger partial charge in [-0.25, -0.2) is 0 Å². The lowest BCUT2D eigenvalue weighted by molar-refractivity contribution is 0.0921. The van der Waals surface area contributed by atoms with Crippen molar-refractivity contribution >= 4 is 5.78 Å². The minimum Gasteiger partial charge on any atom is -0.485 e. The molecule has 0 aliphatic carbocycles. The van der Waals surface area contributed by atoms with E-state index in [0.29, 0.717) is 11.5 Å². The van der Waals surface area contributed by atoms with Gasteiger partial charge in [0.1, 0.15) is 5.75 Å². The van der Waals surface area contributed by atoms with Gasteiger partial charge in [0.25, 0.3) is 0 Å². The van der Waals surface area contributed by atoms with E-state index in [-0.39, 0.29) is 12.4 Å². The summed E-state index contributed by atoms with van der Waals surface area (Å²) in [6, 6.07) is 15.6. The van der Waals surface area contributed by atoms with Gasteiger partial charge in [-0.3, -0.25) is 4.79 Å². The van der Waals surface area contributed by atoms with Gasteiger partial charge in [-0.15, -0.1) is 0 Å². The zero-order valence-electron chi connectivity index (χ0n) is 12.9. The highest BCUT2D eigenvalue weighted by atomic mass is 16.5. The number of rotatable bonds is 6. The molecule has 0 N–H and O–H groups in total. The summed E-state index contributed by atoms with van der Waals surface area (Å²) >= 11 is 0. The fourth-order valence-electron chi connectivity index (χ4n) is 2.14. The van der Waals surface area contributed by atoms with Crippen LogP contribution in [0.4, 0.5) is 0 Å². The summed E-state index contributed by atoms with van der Waals surface area (Å²) < 4.78 is 5.59. The summed E-state index contributed by atoms with van der Waals surface area (Å²) in [5.41, 5.74) is 3.15. The number of ether oxygens (including phenoxy) is 1. The Labute approximate surface area is 126 Å². The SMILES string of the molecule is CCc1cccc(OCC(=O)c2ccc(C(C)C)cc2)c1. The highest BCUT2D eigenvalue weighted by Crippen LogP contribution is 2.16. The van der Waals surface area contributed by atoms with E-state index in [1.165, 1.54) is 11.1 Å². The molecule has 0 atom stereocenters. The lowest BCUT2D eigenvalue weighted by Crippen LogP contribution is -2.11. The fraction of sp³-hybridized carbons (Fsp3) is 0.316. The Hall–Kier alpha value is -2.09. The van der Waals surface area contributed by atoms with Gasteiger partial charge in [-0.05, 0) is 35.6 Å². The molecular formula is C19H22O2. The third kappa shape index (κ3) is 4.19. The molecule has 0 saturated heterocycles. The second-order valence-corrected chi connectivity index (χ2v) is 5.49. The first-order valence-corrected chi connectivity index (χ1v) is 7.45. The van der Waals surface area contributed by atoms with Gasteiger partial charge in [0.15, 0.2) is 12.4 Å². The van der Waals surface area contributed by atoms with Crippen LogP contribution in [-0.2, 0) is 6.42 Å². The van der Waals surface area contributed by atoms with Crippen LogP contribution in [0.3, 0.4) is 0 Å². The molecule has 21 heavy (non-hydrogen) atoms. The van der Waals surface area contributed by atoms with Crippen LogP contribution in [0.25, 0.3) is 0 Å². The van der Waals surface area contributed by atoms with Crippen molar-refractivity contribution in [2.24, 2.45) is 0 Å². The van der Waals surface area contributed by atoms with Crippen molar-refractivity contribution in [3.8, 4) is 5.75 Å². The van der Waals surface area contributed by atoms with Crippen LogP contribution in [0.5, 0.6) is 5.75 Å². The van der Waals surface area contributed by atoms with Crippen LogP contribution in [0.15, 0.2) is 48.5 Å². The largest absolute Gasteiger partial charge is 0.485 e. The molecule has 2 aromatic rings. The molecule has 2 aromatic carbocycles.